The Morgan fingerprint density at radius 2 is 2.44 bits per heavy atom. The molecule has 0 radical (unpaired) electrons. The van der Waals surface area contributed by atoms with E-state index >= 15 is 0 Å². The number of morpholine rings is 1. The van der Waals surface area contributed by atoms with E-state index in [2.05, 4.69) is 15.2 Å². The largest absolute Gasteiger partial charge is 0.375 e. The maximum Gasteiger partial charge on any atom is 0.191 e. The van der Waals surface area contributed by atoms with Crippen LogP contribution in [0.1, 0.15) is 12.7 Å². The maximum absolute atomic E-state index is 5.94. The van der Waals surface area contributed by atoms with Gasteiger partial charge in [0, 0.05) is 20.1 Å². The van der Waals surface area contributed by atoms with Crippen molar-refractivity contribution in [3.05, 3.63) is 12.2 Å². The number of nitrogens with zero attached hydrogens (tertiary/aromatic N) is 5. The molecule has 8 heteroatoms. The quantitative estimate of drug-likeness (QED) is 0.452. The molecule has 102 valence electrons. The van der Waals surface area contributed by atoms with Crippen molar-refractivity contribution in [2.75, 3.05) is 19.7 Å². The van der Waals surface area contributed by atoms with Crippen molar-refractivity contribution in [1.82, 2.24) is 19.7 Å². The van der Waals surface area contributed by atoms with Crippen molar-refractivity contribution in [3.8, 4) is 0 Å². The molecular formula is C10H19IN6O. The van der Waals surface area contributed by atoms with E-state index in [0.717, 1.165) is 18.9 Å². The Bertz CT molecular complexity index is 407. The Labute approximate surface area is 123 Å². The fourth-order valence-corrected chi connectivity index (χ4v) is 1.73. The van der Waals surface area contributed by atoms with E-state index in [1.807, 2.05) is 23.4 Å². The predicted molar refractivity (Wildman–Crippen MR) is 78.7 cm³/mol. The first-order chi connectivity index (χ1) is 8.16. The molecule has 1 aliphatic heterocycles. The van der Waals surface area contributed by atoms with Crippen LogP contribution in [0.3, 0.4) is 0 Å². The van der Waals surface area contributed by atoms with Crippen LogP contribution in [0.4, 0.5) is 0 Å². The lowest BCUT2D eigenvalue weighted by atomic mass is 10.3. The van der Waals surface area contributed by atoms with Crippen LogP contribution in [-0.2, 0) is 18.3 Å². The van der Waals surface area contributed by atoms with Gasteiger partial charge >= 0.3 is 0 Å². The van der Waals surface area contributed by atoms with E-state index in [1.54, 1.807) is 6.33 Å². The molecule has 0 aromatic carbocycles. The zero-order chi connectivity index (χ0) is 12.3. The zero-order valence-corrected chi connectivity index (χ0v) is 12.9. The molecular weight excluding hydrogens is 347 g/mol. The number of aryl methyl sites for hydroxylation is 1. The minimum atomic E-state index is 0. The molecule has 1 fully saturated rings. The van der Waals surface area contributed by atoms with Crippen LogP contribution in [0.2, 0.25) is 0 Å². The number of aliphatic imine (C=N–C) groups is 1. The Kier molecular flexibility index (Phi) is 5.79. The summed E-state index contributed by atoms with van der Waals surface area (Å²) < 4.78 is 7.28. The predicted octanol–water partition coefficient (Wildman–Crippen LogP) is -0.0315. The first-order valence-electron chi connectivity index (χ1n) is 5.66. The summed E-state index contributed by atoms with van der Waals surface area (Å²) >= 11 is 0. The zero-order valence-electron chi connectivity index (χ0n) is 10.6. The Morgan fingerprint density at radius 3 is 3.06 bits per heavy atom. The van der Waals surface area contributed by atoms with Crippen LogP contribution in [0.15, 0.2) is 11.3 Å². The Hall–Kier alpha value is -0.900. The Morgan fingerprint density at radius 1 is 1.67 bits per heavy atom. The van der Waals surface area contributed by atoms with Gasteiger partial charge in [-0.1, -0.05) is 0 Å². The second kappa shape index (κ2) is 6.88. The van der Waals surface area contributed by atoms with Crippen molar-refractivity contribution in [2.24, 2.45) is 17.8 Å². The van der Waals surface area contributed by atoms with E-state index in [-0.39, 0.29) is 30.1 Å². The minimum absolute atomic E-state index is 0. The molecule has 7 nitrogen and oxygen atoms in total. The summed E-state index contributed by atoms with van der Waals surface area (Å²) in [6, 6.07) is 0. The summed E-state index contributed by atoms with van der Waals surface area (Å²) in [5.74, 6) is 1.34. The number of hydrogen-bond donors (Lipinski definition) is 1. The molecule has 0 amide bonds. The van der Waals surface area contributed by atoms with Crippen LogP contribution >= 0.6 is 24.0 Å². The average Bonchev–Trinajstić information content (AvgIpc) is 2.72. The second-order valence-electron chi connectivity index (χ2n) is 4.16. The molecule has 1 unspecified atom stereocenters. The summed E-state index contributed by atoms with van der Waals surface area (Å²) in [5.41, 5.74) is 5.94. The van der Waals surface area contributed by atoms with Crippen molar-refractivity contribution >= 4 is 29.9 Å². The smallest absolute Gasteiger partial charge is 0.191 e. The highest BCUT2D eigenvalue weighted by Crippen LogP contribution is 2.04. The fraction of sp³-hybridized carbons (Fsp3) is 0.700. The van der Waals surface area contributed by atoms with E-state index in [0.29, 0.717) is 19.1 Å². The highest BCUT2D eigenvalue weighted by atomic mass is 127. The minimum Gasteiger partial charge on any atom is -0.375 e. The van der Waals surface area contributed by atoms with Gasteiger partial charge in [-0.3, -0.25) is 0 Å². The summed E-state index contributed by atoms with van der Waals surface area (Å²) in [6.45, 7) is 4.75. The van der Waals surface area contributed by atoms with Gasteiger partial charge < -0.3 is 19.9 Å². The lowest BCUT2D eigenvalue weighted by Crippen LogP contribution is -2.47. The molecule has 1 aromatic heterocycles. The summed E-state index contributed by atoms with van der Waals surface area (Å²) in [4.78, 5) is 6.36. The molecule has 0 bridgehead atoms. The van der Waals surface area contributed by atoms with Gasteiger partial charge in [0.15, 0.2) is 11.8 Å². The normalized spacial score (nSPS) is 20.7. The molecule has 1 saturated heterocycles. The summed E-state index contributed by atoms with van der Waals surface area (Å²) in [6.07, 6.45) is 1.85. The topological polar surface area (TPSA) is 81.6 Å². The van der Waals surface area contributed by atoms with E-state index in [4.69, 9.17) is 10.5 Å². The van der Waals surface area contributed by atoms with Gasteiger partial charge in [-0.15, -0.1) is 34.2 Å². The molecule has 2 rings (SSSR count). The number of nitrogens with two attached hydrogens (primary N) is 1. The molecule has 1 aromatic rings. The SMILES string of the molecule is CC1CN(C(N)=NCc2nncn2C)CCO1.I. The number of aromatic nitrogens is 3. The van der Waals surface area contributed by atoms with Gasteiger partial charge in [-0.25, -0.2) is 4.99 Å². The van der Waals surface area contributed by atoms with Gasteiger partial charge in [0.05, 0.1) is 12.7 Å². The molecule has 0 aliphatic carbocycles. The standard InChI is InChI=1S/C10H18N6O.HI/c1-8-6-16(3-4-17-8)10(11)12-5-9-14-13-7-15(9)2;/h7-8H,3-6H2,1-2H3,(H2,11,12);1H. The van der Waals surface area contributed by atoms with Crippen molar-refractivity contribution in [3.63, 3.8) is 0 Å². The monoisotopic (exact) mass is 366 g/mol. The first kappa shape index (κ1) is 15.2. The first-order valence-corrected chi connectivity index (χ1v) is 5.66. The van der Waals surface area contributed by atoms with Crippen LogP contribution in [0.25, 0.3) is 0 Å². The lowest BCUT2D eigenvalue weighted by Gasteiger charge is -2.31. The molecule has 2 heterocycles. The highest BCUT2D eigenvalue weighted by molar-refractivity contribution is 14.0. The third-order valence-corrected chi connectivity index (χ3v) is 2.75. The summed E-state index contributed by atoms with van der Waals surface area (Å²) in [7, 11) is 1.89. The van der Waals surface area contributed by atoms with Crippen LogP contribution < -0.4 is 5.73 Å². The lowest BCUT2D eigenvalue weighted by molar-refractivity contribution is 0.00528. The molecule has 0 saturated carbocycles. The highest BCUT2D eigenvalue weighted by Gasteiger charge is 2.17. The van der Waals surface area contributed by atoms with Gasteiger partial charge in [-0.05, 0) is 6.92 Å². The maximum atomic E-state index is 5.94. The summed E-state index contributed by atoms with van der Waals surface area (Å²) in [5, 5.41) is 7.75. The second-order valence-corrected chi connectivity index (χ2v) is 4.16. The van der Waals surface area contributed by atoms with Gasteiger partial charge in [0.1, 0.15) is 12.9 Å². The molecule has 2 N–H and O–H groups in total. The van der Waals surface area contributed by atoms with E-state index in [1.165, 1.54) is 0 Å². The molecule has 18 heavy (non-hydrogen) atoms. The van der Waals surface area contributed by atoms with Crippen LogP contribution in [0.5, 0.6) is 0 Å². The molecule has 1 aliphatic rings. The molecule has 0 spiro atoms. The number of halogens is 1. The number of ether oxygens (including phenoxy) is 1. The third-order valence-electron chi connectivity index (χ3n) is 2.75. The Balaban J connectivity index is 0.00000162. The van der Waals surface area contributed by atoms with Crippen molar-refractivity contribution in [2.45, 2.75) is 19.6 Å². The average molecular weight is 366 g/mol. The van der Waals surface area contributed by atoms with Crippen molar-refractivity contribution in [1.29, 1.82) is 0 Å². The van der Waals surface area contributed by atoms with Gasteiger partial charge in [0.25, 0.3) is 0 Å². The number of rotatable bonds is 2. The van der Waals surface area contributed by atoms with E-state index < -0.39 is 0 Å². The van der Waals surface area contributed by atoms with Crippen LogP contribution in [-0.4, -0.2) is 51.4 Å². The fourth-order valence-electron chi connectivity index (χ4n) is 1.73. The molecule has 1 atom stereocenters. The third kappa shape index (κ3) is 3.80. The van der Waals surface area contributed by atoms with Crippen LogP contribution in [0, 0.1) is 0 Å². The van der Waals surface area contributed by atoms with Gasteiger partial charge in [-0.2, -0.15) is 0 Å². The van der Waals surface area contributed by atoms with E-state index in [9.17, 15) is 0 Å². The van der Waals surface area contributed by atoms with Gasteiger partial charge in [0.2, 0.25) is 0 Å². The van der Waals surface area contributed by atoms with Crippen molar-refractivity contribution < 1.29 is 4.74 Å². The number of guanidine groups is 1. The number of hydrogen-bond acceptors (Lipinski definition) is 4.